The van der Waals surface area contributed by atoms with Gasteiger partial charge in [-0.3, -0.25) is 4.79 Å². The van der Waals surface area contributed by atoms with Crippen LogP contribution in [0.1, 0.15) is 10.5 Å². The lowest BCUT2D eigenvalue weighted by molar-refractivity contribution is 0.0737. The maximum Gasteiger partial charge on any atom is 0.272 e. The van der Waals surface area contributed by atoms with E-state index in [2.05, 4.69) is 4.90 Å². The average Bonchev–Trinajstić information content (AvgIpc) is 3.31. The number of carbonyl (C=O) groups is 1. The summed E-state index contributed by atoms with van der Waals surface area (Å²) in [6.45, 7) is 2.73. The average molecular weight is 425 g/mol. The predicted molar refractivity (Wildman–Crippen MR) is 125 cm³/mol. The fourth-order valence-corrected chi connectivity index (χ4v) is 4.04. The lowest BCUT2D eigenvalue weighted by atomic mass is 10.1. The number of piperazine rings is 1. The molecule has 0 radical (unpaired) electrons. The van der Waals surface area contributed by atoms with Gasteiger partial charge in [-0.1, -0.05) is 48.5 Å². The van der Waals surface area contributed by atoms with Crippen LogP contribution in [0.4, 0.5) is 5.69 Å². The molecule has 0 bridgehead atoms. The zero-order valence-electron chi connectivity index (χ0n) is 17.6. The van der Waals surface area contributed by atoms with Crippen molar-refractivity contribution in [3.05, 3.63) is 96.7 Å². The molecule has 1 fully saturated rings. The molecular formula is C26H24N4O2. The standard InChI is InChI=1S/C26H24N4O2/c31-23-13-11-21(12-14-23)28-15-17-29(18-16-28)26(32)25-19-24(20-7-3-1-4-8-20)27-30(25)22-9-5-2-6-10-22/h1-14,19,31H,15-18H2. The Morgan fingerprint density at radius 2 is 1.38 bits per heavy atom. The summed E-state index contributed by atoms with van der Waals surface area (Å²) in [5, 5.41) is 14.3. The summed E-state index contributed by atoms with van der Waals surface area (Å²) >= 11 is 0. The zero-order valence-corrected chi connectivity index (χ0v) is 17.6. The highest BCUT2D eigenvalue weighted by atomic mass is 16.3. The molecule has 2 heterocycles. The number of hydrogen-bond donors (Lipinski definition) is 1. The summed E-state index contributed by atoms with van der Waals surface area (Å²) in [7, 11) is 0. The third kappa shape index (κ3) is 3.95. The maximum atomic E-state index is 13.5. The van der Waals surface area contributed by atoms with Crippen molar-refractivity contribution in [1.82, 2.24) is 14.7 Å². The minimum Gasteiger partial charge on any atom is -0.508 e. The van der Waals surface area contributed by atoms with Crippen molar-refractivity contribution in [2.75, 3.05) is 31.1 Å². The van der Waals surface area contributed by atoms with Crippen LogP contribution in [0.15, 0.2) is 91.0 Å². The van der Waals surface area contributed by atoms with Gasteiger partial charge in [-0.25, -0.2) is 4.68 Å². The summed E-state index contributed by atoms with van der Waals surface area (Å²) in [6.07, 6.45) is 0. The Morgan fingerprint density at radius 1 is 0.750 bits per heavy atom. The zero-order chi connectivity index (χ0) is 21.9. The molecule has 1 aromatic heterocycles. The van der Waals surface area contributed by atoms with E-state index in [-0.39, 0.29) is 11.7 Å². The highest BCUT2D eigenvalue weighted by Gasteiger charge is 2.26. The van der Waals surface area contributed by atoms with Gasteiger partial charge in [0.2, 0.25) is 0 Å². The number of para-hydroxylation sites is 1. The van der Waals surface area contributed by atoms with Crippen LogP contribution in [0.5, 0.6) is 5.75 Å². The number of carbonyl (C=O) groups excluding carboxylic acids is 1. The number of aromatic hydroxyl groups is 1. The van der Waals surface area contributed by atoms with Gasteiger partial charge in [0, 0.05) is 37.4 Å². The van der Waals surface area contributed by atoms with Crippen molar-refractivity contribution >= 4 is 11.6 Å². The molecule has 0 atom stereocenters. The molecule has 0 unspecified atom stereocenters. The normalized spacial score (nSPS) is 13.9. The molecule has 6 nitrogen and oxygen atoms in total. The first-order chi connectivity index (χ1) is 15.7. The monoisotopic (exact) mass is 424 g/mol. The van der Waals surface area contributed by atoms with Gasteiger partial charge in [-0.2, -0.15) is 5.10 Å². The molecule has 1 N–H and O–H groups in total. The van der Waals surface area contributed by atoms with Crippen molar-refractivity contribution in [3.8, 4) is 22.7 Å². The Labute approximate surface area is 187 Å². The molecule has 1 aliphatic rings. The number of aromatic nitrogens is 2. The third-order valence-electron chi connectivity index (χ3n) is 5.78. The van der Waals surface area contributed by atoms with E-state index in [4.69, 9.17) is 5.10 Å². The summed E-state index contributed by atoms with van der Waals surface area (Å²) in [6, 6.07) is 28.8. The summed E-state index contributed by atoms with van der Waals surface area (Å²) in [5.74, 6) is 0.236. The number of hydrogen-bond acceptors (Lipinski definition) is 4. The van der Waals surface area contributed by atoms with Crippen LogP contribution in [0.25, 0.3) is 16.9 Å². The van der Waals surface area contributed by atoms with Gasteiger partial charge in [0.05, 0.1) is 11.4 Å². The molecule has 0 spiro atoms. The molecule has 0 aliphatic carbocycles. The number of amides is 1. The molecule has 3 aromatic carbocycles. The summed E-state index contributed by atoms with van der Waals surface area (Å²) in [4.78, 5) is 17.7. The van der Waals surface area contributed by atoms with Crippen molar-refractivity contribution < 1.29 is 9.90 Å². The van der Waals surface area contributed by atoms with Crippen LogP contribution < -0.4 is 4.90 Å². The maximum absolute atomic E-state index is 13.5. The first kappa shape index (κ1) is 19.9. The van der Waals surface area contributed by atoms with Crippen molar-refractivity contribution in [3.63, 3.8) is 0 Å². The van der Waals surface area contributed by atoms with E-state index < -0.39 is 0 Å². The lowest BCUT2D eigenvalue weighted by Crippen LogP contribution is -2.49. The molecule has 1 aliphatic heterocycles. The first-order valence-electron chi connectivity index (χ1n) is 10.7. The summed E-state index contributed by atoms with van der Waals surface area (Å²) < 4.78 is 1.75. The molecule has 1 amide bonds. The Hall–Kier alpha value is -4.06. The van der Waals surface area contributed by atoms with E-state index in [1.54, 1.807) is 16.8 Å². The lowest BCUT2D eigenvalue weighted by Gasteiger charge is -2.36. The van der Waals surface area contributed by atoms with Crippen LogP contribution in [0, 0.1) is 0 Å². The Kier molecular flexibility index (Phi) is 5.34. The third-order valence-corrected chi connectivity index (χ3v) is 5.78. The molecule has 4 aromatic rings. The molecular weight excluding hydrogens is 400 g/mol. The number of rotatable bonds is 4. The van der Waals surface area contributed by atoms with Crippen LogP contribution >= 0.6 is 0 Å². The minimum atomic E-state index is -0.0195. The Morgan fingerprint density at radius 3 is 2.03 bits per heavy atom. The number of phenols is 1. The predicted octanol–water partition coefficient (Wildman–Crippen LogP) is 4.21. The molecule has 0 saturated carbocycles. The van der Waals surface area contributed by atoms with E-state index >= 15 is 0 Å². The van der Waals surface area contributed by atoms with E-state index in [1.807, 2.05) is 83.8 Å². The minimum absolute atomic E-state index is 0.0195. The molecule has 1 saturated heterocycles. The van der Waals surface area contributed by atoms with Gasteiger partial charge < -0.3 is 14.9 Å². The van der Waals surface area contributed by atoms with E-state index in [1.165, 1.54) is 0 Å². The molecule has 160 valence electrons. The number of phenolic OH excluding ortho intramolecular Hbond substituents is 1. The highest BCUT2D eigenvalue weighted by molar-refractivity contribution is 5.94. The summed E-state index contributed by atoms with van der Waals surface area (Å²) in [5.41, 5.74) is 4.23. The highest BCUT2D eigenvalue weighted by Crippen LogP contribution is 2.24. The smallest absolute Gasteiger partial charge is 0.272 e. The van der Waals surface area contributed by atoms with Gasteiger partial charge in [0.15, 0.2) is 0 Å². The van der Waals surface area contributed by atoms with Crippen LogP contribution in [-0.4, -0.2) is 51.9 Å². The molecule has 32 heavy (non-hydrogen) atoms. The van der Waals surface area contributed by atoms with Gasteiger partial charge in [0.25, 0.3) is 5.91 Å². The molecule has 5 rings (SSSR count). The number of benzene rings is 3. The van der Waals surface area contributed by atoms with E-state index in [0.29, 0.717) is 18.8 Å². The van der Waals surface area contributed by atoms with E-state index in [0.717, 1.165) is 35.7 Å². The van der Waals surface area contributed by atoms with Gasteiger partial charge in [0.1, 0.15) is 11.4 Å². The van der Waals surface area contributed by atoms with E-state index in [9.17, 15) is 9.90 Å². The van der Waals surface area contributed by atoms with Crippen LogP contribution in [0.3, 0.4) is 0 Å². The van der Waals surface area contributed by atoms with Gasteiger partial charge >= 0.3 is 0 Å². The van der Waals surface area contributed by atoms with Gasteiger partial charge in [-0.05, 0) is 42.5 Å². The topological polar surface area (TPSA) is 61.6 Å². The fourth-order valence-electron chi connectivity index (χ4n) is 4.04. The molecule has 6 heteroatoms. The van der Waals surface area contributed by atoms with Crippen molar-refractivity contribution in [1.29, 1.82) is 0 Å². The van der Waals surface area contributed by atoms with Crippen molar-refractivity contribution in [2.24, 2.45) is 0 Å². The quantitative estimate of drug-likeness (QED) is 0.533. The SMILES string of the molecule is O=C(c1cc(-c2ccccc2)nn1-c1ccccc1)N1CCN(c2ccc(O)cc2)CC1. The number of nitrogens with zero attached hydrogens (tertiary/aromatic N) is 4. The Bertz CT molecular complexity index is 1200. The van der Waals surface area contributed by atoms with Crippen LogP contribution in [-0.2, 0) is 0 Å². The second kappa shape index (κ2) is 8.59. The fraction of sp³-hybridized carbons (Fsp3) is 0.154. The number of anilines is 1. The first-order valence-corrected chi connectivity index (χ1v) is 10.7. The second-order valence-electron chi connectivity index (χ2n) is 7.82. The second-order valence-corrected chi connectivity index (χ2v) is 7.82. The Balaban J connectivity index is 1.40. The van der Waals surface area contributed by atoms with Crippen molar-refractivity contribution in [2.45, 2.75) is 0 Å². The van der Waals surface area contributed by atoms with Gasteiger partial charge in [-0.15, -0.1) is 0 Å². The largest absolute Gasteiger partial charge is 0.508 e. The van der Waals surface area contributed by atoms with Crippen LogP contribution in [0.2, 0.25) is 0 Å².